The summed E-state index contributed by atoms with van der Waals surface area (Å²) >= 11 is 0. The number of benzene rings is 2. The van der Waals surface area contributed by atoms with Crippen molar-refractivity contribution in [1.82, 2.24) is 10.2 Å². The van der Waals surface area contributed by atoms with E-state index in [0.717, 1.165) is 23.5 Å². The van der Waals surface area contributed by atoms with Crippen LogP contribution in [-0.2, 0) is 22.4 Å². The maximum absolute atomic E-state index is 14.5. The Kier molecular flexibility index (Phi) is 8.39. The average molecular weight is 552 g/mol. The van der Waals surface area contributed by atoms with Crippen LogP contribution in [0.25, 0.3) is 0 Å². The maximum Gasteiger partial charge on any atom is 0.406 e. The van der Waals surface area contributed by atoms with E-state index in [4.69, 9.17) is 5.73 Å². The molecule has 4 rings (SSSR count). The van der Waals surface area contributed by atoms with E-state index < -0.39 is 60.1 Å². The van der Waals surface area contributed by atoms with Gasteiger partial charge in [0.25, 0.3) is 5.91 Å². The van der Waals surface area contributed by atoms with Crippen LogP contribution in [0.4, 0.5) is 22.0 Å². The van der Waals surface area contributed by atoms with Crippen LogP contribution < -0.4 is 11.1 Å². The van der Waals surface area contributed by atoms with Gasteiger partial charge < -0.3 is 20.7 Å². The molecule has 2 amide bonds. The summed E-state index contributed by atoms with van der Waals surface area (Å²) in [6.07, 6.45) is -1.59. The van der Waals surface area contributed by atoms with Gasteiger partial charge in [0.1, 0.15) is 18.9 Å². The van der Waals surface area contributed by atoms with Crippen LogP contribution in [0.3, 0.4) is 0 Å². The van der Waals surface area contributed by atoms with Crippen molar-refractivity contribution < 1.29 is 36.3 Å². The normalized spacial score (nSPS) is 23.6. The van der Waals surface area contributed by atoms with E-state index in [2.05, 4.69) is 5.32 Å². The molecule has 0 aromatic heterocycles. The zero-order valence-corrected chi connectivity index (χ0v) is 21.2. The van der Waals surface area contributed by atoms with Crippen molar-refractivity contribution in [2.75, 3.05) is 19.6 Å². The molecular formula is C28H30F5N3O3. The lowest BCUT2D eigenvalue weighted by Gasteiger charge is -2.33. The number of alkyl halides is 3. The topological polar surface area (TPSA) is 92.5 Å². The molecule has 0 bridgehead atoms. The fraction of sp³-hybridized carbons (Fsp3) is 0.464. The molecule has 3 atom stereocenters. The van der Waals surface area contributed by atoms with E-state index in [9.17, 15) is 36.3 Å². The standard InChI is InChI=1S/C28H30F5N3O3/c29-22-3-1-2-21(24(22)30)20-6-7-23(26(39)36(14-20)15-28(31,32)33)35-25(38)18-4-5-19-13-27(16-37,10-11-34)9-8-17(19)12-18/h1-5,12,16,20,23H,6-11,13-15,34H2,(H,35,38)/t20-,23?,27?/m1/s1. The lowest BCUT2D eigenvalue weighted by atomic mass is 9.70. The molecule has 2 aromatic carbocycles. The summed E-state index contributed by atoms with van der Waals surface area (Å²) in [5.41, 5.74) is 7.05. The van der Waals surface area contributed by atoms with Crippen LogP contribution >= 0.6 is 0 Å². The second-order valence-corrected chi connectivity index (χ2v) is 10.5. The van der Waals surface area contributed by atoms with Gasteiger partial charge in [-0.15, -0.1) is 0 Å². The molecule has 2 aliphatic rings. The number of nitrogens with one attached hydrogen (secondary N) is 1. The second kappa shape index (κ2) is 11.4. The Hall–Kier alpha value is -3.34. The first-order valence-electron chi connectivity index (χ1n) is 12.8. The smallest absolute Gasteiger partial charge is 0.340 e. The Balaban J connectivity index is 1.54. The third-order valence-electron chi connectivity index (χ3n) is 7.75. The fourth-order valence-corrected chi connectivity index (χ4v) is 5.67. The number of carbonyl (C=O) groups is 3. The first-order valence-corrected chi connectivity index (χ1v) is 12.8. The zero-order valence-electron chi connectivity index (χ0n) is 21.2. The highest BCUT2D eigenvalue weighted by molar-refractivity contribution is 5.98. The summed E-state index contributed by atoms with van der Waals surface area (Å²) in [7, 11) is 0. The summed E-state index contributed by atoms with van der Waals surface area (Å²) in [5.74, 6) is -4.74. The number of aldehydes is 1. The Morgan fingerprint density at radius 2 is 1.92 bits per heavy atom. The number of carbonyl (C=O) groups excluding carboxylic acids is 3. The number of nitrogens with zero attached hydrogens (tertiary/aromatic N) is 1. The van der Waals surface area contributed by atoms with Crippen LogP contribution in [0.15, 0.2) is 36.4 Å². The monoisotopic (exact) mass is 551 g/mol. The third kappa shape index (κ3) is 6.46. The number of aryl methyl sites for hydroxylation is 1. The Labute approximate surface area is 222 Å². The third-order valence-corrected chi connectivity index (χ3v) is 7.75. The van der Waals surface area contributed by atoms with Gasteiger partial charge in [0.05, 0.1) is 0 Å². The predicted octanol–water partition coefficient (Wildman–Crippen LogP) is 4.05. The highest BCUT2D eigenvalue weighted by Gasteiger charge is 2.40. The number of halogens is 5. The highest BCUT2D eigenvalue weighted by atomic mass is 19.4. The molecule has 1 aliphatic carbocycles. The van der Waals surface area contributed by atoms with Crippen molar-refractivity contribution in [3.05, 3.63) is 70.3 Å². The van der Waals surface area contributed by atoms with Gasteiger partial charge in [0.2, 0.25) is 5.91 Å². The summed E-state index contributed by atoms with van der Waals surface area (Å²) in [5, 5.41) is 2.56. The predicted molar refractivity (Wildman–Crippen MR) is 133 cm³/mol. The number of nitrogens with two attached hydrogens (primary N) is 1. The minimum Gasteiger partial charge on any atom is -0.340 e. The minimum atomic E-state index is -4.72. The van der Waals surface area contributed by atoms with Gasteiger partial charge in [-0.2, -0.15) is 13.2 Å². The summed E-state index contributed by atoms with van der Waals surface area (Å²) in [6, 6.07) is 7.15. The number of likely N-dealkylation sites (tertiary alicyclic amines) is 1. The van der Waals surface area contributed by atoms with Gasteiger partial charge in [0, 0.05) is 23.4 Å². The van der Waals surface area contributed by atoms with Crippen LogP contribution in [0, 0.1) is 17.0 Å². The molecule has 2 unspecified atom stereocenters. The number of rotatable bonds is 7. The quantitative estimate of drug-likeness (QED) is 0.401. The van der Waals surface area contributed by atoms with Crippen LogP contribution in [0.1, 0.15) is 58.6 Å². The van der Waals surface area contributed by atoms with Gasteiger partial charge in [-0.3, -0.25) is 9.59 Å². The van der Waals surface area contributed by atoms with E-state index in [-0.39, 0.29) is 24.0 Å². The summed E-state index contributed by atoms with van der Waals surface area (Å²) in [6.45, 7) is -1.67. The average Bonchev–Trinajstić information content (AvgIpc) is 3.03. The van der Waals surface area contributed by atoms with Crippen molar-refractivity contribution in [2.45, 2.75) is 56.7 Å². The zero-order chi connectivity index (χ0) is 28.4. The lowest BCUT2D eigenvalue weighted by Crippen LogP contribution is -2.50. The fourth-order valence-electron chi connectivity index (χ4n) is 5.67. The molecule has 1 heterocycles. The molecule has 2 aromatic rings. The molecule has 0 saturated carbocycles. The molecule has 0 spiro atoms. The van der Waals surface area contributed by atoms with Crippen molar-refractivity contribution in [2.24, 2.45) is 11.1 Å². The molecule has 210 valence electrons. The first-order chi connectivity index (χ1) is 18.4. The van der Waals surface area contributed by atoms with E-state index in [0.29, 0.717) is 37.1 Å². The van der Waals surface area contributed by atoms with Crippen LogP contribution in [-0.4, -0.2) is 54.9 Å². The molecule has 1 saturated heterocycles. The largest absolute Gasteiger partial charge is 0.406 e. The summed E-state index contributed by atoms with van der Waals surface area (Å²) < 4.78 is 68.2. The highest BCUT2D eigenvalue weighted by Crippen LogP contribution is 2.37. The van der Waals surface area contributed by atoms with Crippen molar-refractivity contribution in [3.63, 3.8) is 0 Å². The van der Waals surface area contributed by atoms with Gasteiger partial charge in [-0.25, -0.2) is 8.78 Å². The van der Waals surface area contributed by atoms with E-state index in [1.54, 1.807) is 18.2 Å². The Bertz CT molecular complexity index is 1250. The maximum atomic E-state index is 14.5. The lowest BCUT2D eigenvalue weighted by molar-refractivity contribution is -0.162. The number of hydrogen-bond acceptors (Lipinski definition) is 4. The molecule has 39 heavy (non-hydrogen) atoms. The number of fused-ring (bicyclic) bond motifs is 1. The molecule has 1 aliphatic heterocycles. The van der Waals surface area contributed by atoms with Crippen LogP contribution in [0.2, 0.25) is 0 Å². The van der Waals surface area contributed by atoms with E-state index >= 15 is 0 Å². The van der Waals surface area contributed by atoms with Crippen LogP contribution in [0.5, 0.6) is 0 Å². The molecule has 1 fully saturated rings. The SMILES string of the molecule is NCCC1(C=O)CCc2cc(C(=O)NC3CC[C@@H](c4cccc(F)c4F)CN(CC(F)(F)F)C3=O)ccc2C1. The number of hydrogen-bond donors (Lipinski definition) is 2. The second-order valence-electron chi connectivity index (χ2n) is 10.5. The van der Waals surface area contributed by atoms with Crippen molar-refractivity contribution in [1.29, 1.82) is 0 Å². The van der Waals surface area contributed by atoms with Crippen molar-refractivity contribution >= 4 is 18.1 Å². The number of amides is 2. The summed E-state index contributed by atoms with van der Waals surface area (Å²) in [4.78, 5) is 38.5. The minimum absolute atomic E-state index is 0.0502. The molecule has 3 N–H and O–H groups in total. The van der Waals surface area contributed by atoms with Gasteiger partial charge in [0.15, 0.2) is 11.6 Å². The Morgan fingerprint density at radius 3 is 2.62 bits per heavy atom. The molecular weight excluding hydrogens is 521 g/mol. The Morgan fingerprint density at radius 1 is 1.15 bits per heavy atom. The van der Waals surface area contributed by atoms with Crippen molar-refractivity contribution in [3.8, 4) is 0 Å². The van der Waals surface area contributed by atoms with Gasteiger partial charge >= 0.3 is 6.18 Å². The first kappa shape index (κ1) is 28.7. The molecule has 6 nitrogen and oxygen atoms in total. The molecule has 11 heteroatoms. The van der Waals surface area contributed by atoms with Gasteiger partial charge in [-0.1, -0.05) is 18.2 Å². The molecule has 0 radical (unpaired) electrons. The van der Waals surface area contributed by atoms with E-state index in [1.165, 1.54) is 12.1 Å². The van der Waals surface area contributed by atoms with Gasteiger partial charge in [-0.05, 0) is 80.0 Å². The van der Waals surface area contributed by atoms with E-state index in [1.807, 2.05) is 0 Å².